The van der Waals surface area contributed by atoms with Crippen LogP contribution in [0.3, 0.4) is 0 Å². The molecule has 0 bridgehead atoms. The Morgan fingerprint density at radius 1 is 1.20 bits per heavy atom. The van der Waals surface area contributed by atoms with Crippen molar-refractivity contribution in [2.24, 2.45) is 0 Å². The lowest BCUT2D eigenvalue weighted by Crippen LogP contribution is -2.13. The number of amides is 1. The van der Waals surface area contributed by atoms with Gasteiger partial charge in [0.25, 0.3) is 5.91 Å². The number of nitrogens with zero attached hydrogens (tertiary/aromatic N) is 1. The molecule has 2 rings (SSSR count). The smallest absolute Gasteiger partial charge is 0.256 e. The Bertz CT molecular complexity index is 660. The Labute approximate surface area is 133 Å². The summed E-state index contributed by atoms with van der Waals surface area (Å²) in [5.41, 5.74) is 1.35. The molecule has 1 amide bonds. The molecule has 4 nitrogen and oxygen atoms in total. The number of aryl methyl sites for hydroxylation is 1. The average Bonchev–Trinajstić information content (AvgIpc) is 2.42. The van der Waals surface area contributed by atoms with Crippen molar-refractivity contribution >= 4 is 43.6 Å². The van der Waals surface area contributed by atoms with E-state index in [4.69, 9.17) is 4.74 Å². The molecule has 2 aromatic rings. The zero-order valence-electron chi connectivity index (χ0n) is 10.9. The molecule has 0 spiro atoms. The molecule has 1 aromatic carbocycles. The van der Waals surface area contributed by atoms with Crippen LogP contribution in [0.2, 0.25) is 0 Å². The number of aromatic nitrogens is 1. The van der Waals surface area contributed by atoms with Gasteiger partial charge in [-0.3, -0.25) is 4.79 Å². The van der Waals surface area contributed by atoms with E-state index >= 15 is 0 Å². The van der Waals surface area contributed by atoms with Crippen LogP contribution in [0.25, 0.3) is 0 Å². The van der Waals surface area contributed by atoms with Gasteiger partial charge in [0.2, 0.25) is 0 Å². The molecular formula is C14H12Br2N2O2. The summed E-state index contributed by atoms with van der Waals surface area (Å²) < 4.78 is 6.77. The Kier molecular flexibility index (Phi) is 4.77. The van der Waals surface area contributed by atoms with Gasteiger partial charge in [0.05, 0.1) is 17.3 Å². The molecular weight excluding hydrogens is 388 g/mol. The summed E-state index contributed by atoms with van der Waals surface area (Å²) >= 11 is 6.73. The molecule has 20 heavy (non-hydrogen) atoms. The Morgan fingerprint density at radius 2 is 1.95 bits per heavy atom. The SMILES string of the molecule is COc1ccc(C(=O)Nc2ccc(Br)c(C)n2)cc1Br. The van der Waals surface area contributed by atoms with E-state index in [1.54, 1.807) is 31.4 Å². The highest BCUT2D eigenvalue weighted by molar-refractivity contribution is 9.10. The molecule has 0 saturated heterocycles. The maximum atomic E-state index is 12.1. The first-order valence-electron chi connectivity index (χ1n) is 5.79. The third-order valence-electron chi connectivity index (χ3n) is 2.68. The molecule has 0 fully saturated rings. The van der Waals surface area contributed by atoms with E-state index in [0.29, 0.717) is 17.1 Å². The first-order chi connectivity index (χ1) is 9.51. The summed E-state index contributed by atoms with van der Waals surface area (Å²) in [7, 11) is 1.58. The normalized spacial score (nSPS) is 10.2. The molecule has 1 N–H and O–H groups in total. The maximum absolute atomic E-state index is 12.1. The number of rotatable bonds is 3. The molecule has 0 aliphatic heterocycles. The van der Waals surface area contributed by atoms with Gasteiger partial charge in [0.1, 0.15) is 11.6 Å². The van der Waals surface area contributed by atoms with Crippen LogP contribution in [-0.4, -0.2) is 18.0 Å². The van der Waals surface area contributed by atoms with E-state index in [0.717, 1.165) is 14.6 Å². The van der Waals surface area contributed by atoms with Gasteiger partial charge in [0, 0.05) is 10.0 Å². The van der Waals surface area contributed by atoms with E-state index in [2.05, 4.69) is 42.2 Å². The van der Waals surface area contributed by atoms with Crippen molar-refractivity contribution in [3.8, 4) is 5.75 Å². The number of methoxy groups -OCH3 is 1. The molecule has 0 atom stereocenters. The number of pyridine rings is 1. The van der Waals surface area contributed by atoms with Crippen molar-refractivity contribution < 1.29 is 9.53 Å². The van der Waals surface area contributed by atoms with Crippen LogP contribution in [0.1, 0.15) is 16.1 Å². The Balaban J connectivity index is 2.19. The van der Waals surface area contributed by atoms with Gasteiger partial charge in [-0.2, -0.15) is 0 Å². The fourth-order valence-electron chi connectivity index (χ4n) is 1.61. The highest BCUT2D eigenvalue weighted by Crippen LogP contribution is 2.26. The number of ether oxygens (including phenoxy) is 1. The Morgan fingerprint density at radius 3 is 2.55 bits per heavy atom. The molecule has 1 aromatic heterocycles. The quantitative estimate of drug-likeness (QED) is 0.842. The van der Waals surface area contributed by atoms with Crippen molar-refractivity contribution in [2.75, 3.05) is 12.4 Å². The first kappa shape index (κ1) is 15.0. The van der Waals surface area contributed by atoms with E-state index in [1.165, 1.54) is 0 Å². The number of carbonyl (C=O) groups excluding carboxylic acids is 1. The van der Waals surface area contributed by atoms with Crippen LogP contribution in [0.4, 0.5) is 5.82 Å². The summed E-state index contributed by atoms with van der Waals surface area (Å²) in [6.45, 7) is 1.86. The zero-order valence-corrected chi connectivity index (χ0v) is 14.1. The van der Waals surface area contributed by atoms with Gasteiger partial charge in [-0.1, -0.05) is 0 Å². The van der Waals surface area contributed by atoms with E-state index < -0.39 is 0 Å². The van der Waals surface area contributed by atoms with Crippen LogP contribution in [0, 0.1) is 6.92 Å². The second kappa shape index (κ2) is 6.37. The topological polar surface area (TPSA) is 51.2 Å². The van der Waals surface area contributed by atoms with Gasteiger partial charge >= 0.3 is 0 Å². The third-order valence-corrected chi connectivity index (χ3v) is 4.13. The molecule has 0 aliphatic carbocycles. The standard InChI is InChI=1S/C14H12Br2N2O2/c1-8-10(15)4-6-13(17-8)18-14(19)9-3-5-12(20-2)11(16)7-9/h3-7H,1-2H3,(H,17,18,19). The van der Waals surface area contributed by atoms with Gasteiger partial charge in [-0.05, 0) is 69.1 Å². The van der Waals surface area contributed by atoms with E-state index in [-0.39, 0.29) is 5.91 Å². The predicted molar refractivity (Wildman–Crippen MR) is 85.3 cm³/mol. The Hall–Kier alpha value is -1.40. The van der Waals surface area contributed by atoms with Crippen molar-refractivity contribution in [3.05, 3.63) is 50.5 Å². The molecule has 0 radical (unpaired) electrons. The van der Waals surface area contributed by atoms with Gasteiger partial charge in [0.15, 0.2) is 0 Å². The lowest BCUT2D eigenvalue weighted by Gasteiger charge is -2.08. The fourth-order valence-corrected chi connectivity index (χ4v) is 2.37. The number of benzene rings is 1. The molecule has 0 saturated carbocycles. The minimum Gasteiger partial charge on any atom is -0.496 e. The molecule has 1 heterocycles. The molecule has 0 aliphatic rings. The zero-order chi connectivity index (χ0) is 14.7. The maximum Gasteiger partial charge on any atom is 0.256 e. The number of carbonyl (C=O) groups is 1. The van der Waals surface area contributed by atoms with Crippen molar-refractivity contribution in [1.82, 2.24) is 4.98 Å². The summed E-state index contributed by atoms with van der Waals surface area (Å²) in [5.74, 6) is 0.976. The second-order valence-electron chi connectivity index (χ2n) is 4.07. The van der Waals surface area contributed by atoms with Gasteiger partial charge < -0.3 is 10.1 Å². The van der Waals surface area contributed by atoms with Gasteiger partial charge in [-0.15, -0.1) is 0 Å². The number of hydrogen-bond donors (Lipinski definition) is 1. The van der Waals surface area contributed by atoms with E-state index in [1.807, 2.05) is 13.0 Å². The summed E-state index contributed by atoms with van der Waals surface area (Å²) in [6, 6.07) is 8.74. The second-order valence-corrected chi connectivity index (χ2v) is 5.78. The molecule has 104 valence electrons. The van der Waals surface area contributed by atoms with Crippen LogP contribution in [-0.2, 0) is 0 Å². The van der Waals surface area contributed by atoms with Gasteiger partial charge in [-0.25, -0.2) is 4.98 Å². The number of hydrogen-bond acceptors (Lipinski definition) is 3. The summed E-state index contributed by atoms with van der Waals surface area (Å²) in [5, 5.41) is 2.76. The van der Waals surface area contributed by atoms with Crippen LogP contribution in [0.15, 0.2) is 39.3 Å². The number of halogens is 2. The molecule has 6 heteroatoms. The largest absolute Gasteiger partial charge is 0.496 e. The fraction of sp³-hybridized carbons (Fsp3) is 0.143. The highest BCUT2D eigenvalue weighted by atomic mass is 79.9. The summed E-state index contributed by atoms with van der Waals surface area (Å²) in [4.78, 5) is 16.4. The highest BCUT2D eigenvalue weighted by Gasteiger charge is 2.10. The minimum atomic E-state index is -0.220. The first-order valence-corrected chi connectivity index (χ1v) is 7.38. The number of nitrogens with one attached hydrogen (secondary N) is 1. The minimum absolute atomic E-state index is 0.220. The average molecular weight is 400 g/mol. The van der Waals surface area contributed by atoms with Crippen LogP contribution in [0.5, 0.6) is 5.75 Å². The van der Waals surface area contributed by atoms with Crippen LogP contribution >= 0.6 is 31.9 Å². The lowest BCUT2D eigenvalue weighted by atomic mass is 10.2. The molecule has 0 unspecified atom stereocenters. The summed E-state index contributed by atoms with van der Waals surface area (Å²) in [6.07, 6.45) is 0. The van der Waals surface area contributed by atoms with Crippen molar-refractivity contribution in [1.29, 1.82) is 0 Å². The van der Waals surface area contributed by atoms with Crippen molar-refractivity contribution in [3.63, 3.8) is 0 Å². The van der Waals surface area contributed by atoms with Crippen LogP contribution < -0.4 is 10.1 Å². The number of anilines is 1. The monoisotopic (exact) mass is 398 g/mol. The van der Waals surface area contributed by atoms with E-state index in [9.17, 15) is 4.79 Å². The lowest BCUT2D eigenvalue weighted by molar-refractivity contribution is 0.102. The predicted octanol–water partition coefficient (Wildman–Crippen LogP) is 4.18. The third kappa shape index (κ3) is 3.37. The van der Waals surface area contributed by atoms with Crippen molar-refractivity contribution in [2.45, 2.75) is 6.92 Å².